The number of carboxylic acid groups (broad SMARTS) is 1. The Morgan fingerprint density at radius 1 is 0.973 bits per heavy atom. The lowest BCUT2D eigenvalue weighted by molar-refractivity contribution is -0.160. The predicted octanol–water partition coefficient (Wildman–Crippen LogP) is 6.33. The highest BCUT2D eigenvalue weighted by atomic mass is 19.3. The molecular formula is C30H32F2N2O3. The third-order valence-electron chi connectivity index (χ3n) is 9.44. The zero-order chi connectivity index (χ0) is 25.8. The number of para-hydroxylation sites is 1. The van der Waals surface area contributed by atoms with Crippen molar-refractivity contribution in [1.82, 2.24) is 9.47 Å². The number of amides is 1. The van der Waals surface area contributed by atoms with Crippen molar-refractivity contribution in [3.63, 3.8) is 0 Å². The maximum absolute atomic E-state index is 13.6. The number of hydrogen-bond acceptors (Lipinski definition) is 2. The Kier molecular flexibility index (Phi) is 5.85. The number of hydrogen-bond donors (Lipinski definition) is 1. The molecule has 0 unspecified atom stereocenters. The summed E-state index contributed by atoms with van der Waals surface area (Å²) in [6, 6.07) is 14.8. The van der Waals surface area contributed by atoms with Crippen molar-refractivity contribution in [2.24, 2.45) is 10.8 Å². The zero-order valence-electron chi connectivity index (χ0n) is 20.9. The first-order chi connectivity index (χ1) is 17.8. The second-order valence-corrected chi connectivity index (χ2v) is 11.4. The standard InChI is InChI=1S/C30H32F2N2O3/c31-27(32)21-5-3-4-20(16-21)18-34-24-7-2-1-6-22(24)23-8-15-33(19-25(23)34)26(35)17-29-9-12-30(13-10-29,14-11-29)28(36)37/h1-7,16,27H,8-15,17-19H2,(H,36,37). The summed E-state index contributed by atoms with van der Waals surface area (Å²) >= 11 is 0. The van der Waals surface area contributed by atoms with Crippen LogP contribution in [-0.4, -0.2) is 33.0 Å². The van der Waals surface area contributed by atoms with Crippen molar-refractivity contribution >= 4 is 22.8 Å². The van der Waals surface area contributed by atoms with E-state index in [-0.39, 0.29) is 16.9 Å². The summed E-state index contributed by atoms with van der Waals surface area (Å²) in [6.45, 7) is 1.64. The third-order valence-corrected chi connectivity index (χ3v) is 9.44. The van der Waals surface area contributed by atoms with Gasteiger partial charge in [-0.25, -0.2) is 8.78 Å². The topological polar surface area (TPSA) is 62.5 Å². The van der Waals surface area contributed by atoms with E-state index in [0.29, 0.717) is 45.3 Å². The largest absolute Gasteiger partial charge is 0.481 e. The fraction of sp³-hybridized carbons (Fsp3) is 0.467. The summed E-state index contributed by atoms with van der Waals surface area (Å²) in [5.74, 6) is -0.533. The van der Waals surface area contributed by atoms with Gasteiger partial charge in [0, 0.05) is 41.7 Å². The van der Waals surface area contributed by atoms with Crippen molar-refractivity contribution in [1.29, 1.82) is 0 Å². The predicted molar refractivity (Wildman–Crippen MR) is 136 cm³/mol. The van der Waals surface area contributed by atoms with Gasteiger partial charge in [-0.3, -0.25) is 9.59 Å². The minimum atomic E-state index is -2.51. The molecule has 0 saturated heterocycles. The SMILES string of the molecule is O=C(CC12CCC(C(=O)O)(CC1)CC2)N1CCc2c(n(Cc3cccc(C(F)F)c3)c3ccccc23)C1. The van der Waals surface area contributed by atoms with Gasteiger partial charge in [0.25, 0.3) is 6.43 Å². The Bertz CT molecular complexity index is 1350. The lowest BCUT2D eigenvalue weighted by atomic mass is 9.53. The number of alkyl halides is 2. The summed E-state index contributed by atoms with van der Waals surface area (Å²) in [5.41, 5.74) is 3.57. The first-order valence-electron chi connectivity index (χ1n) is 13.3. The normalized spacial score (nSPS) is 25.0. The monoisotopic (exact) mass is 506 g/mol. The van der Waals surface area contributed by atoms with Gasteiger partial charge >= 0.3 is 5.97 Å². The molecule has 2 heterocycles. The van der Waals surface area contributed by atoms with Gasteiger partial charge in [0.2, 0.25) is 5.91 Å². The van der Waals surface area contributed by atoms with Crippen LogP contribution >= 0.6 is 0 Å². The second-order valence-electron chi connectivity index (χ2n) is 11.4. The molecule has 1 N–H and O–H groups in total. The number of carbonyl (C=O) groups is 2. The molecule has 4 aliphatic rings. The van der Waals surface area contributed by atoms with E-state index in [1.165, 1.54) is 11.6 Å². The van der Waals surface area contributed by atoms with Gasteiger partial charge in [0.05, 0.1) is 12.0 Å². The summed E-state index contributed by atoms with van der Waals surface area (Å²) in [5, 5.41) is 10.9. The van der Waals surface area contributed by atoms with Crippen LogP contribution in [0.25, 0.3) is 10.9 Å². The van der Waals surface area contributed by atoms with Gasteiger partial charge in [-0.05, 0) is 73.6 Å². The van der Waals surface area contributed by atoms with Crippen molar-refractivity contribution in [3.8, 4) is 0 Å². The fourth-order valence-electron chi connectivity index (χ4n) is 7.08. The van der Waals surface area contributed by atoms with Crippen LogP contribution in [0.15, 0.2) is 48.5 Å². The molecule has 3 aromatic rings. The van der Waals surface area contributed by atoms with Gasteiger partial charge in [-0.15, -0.1) is 0 Å². The number of rotatable bonds is 6. The maximum Gasteiger partial charge on any atom is 0.309 e. The maximum atomic E-state index is 13.6. The van der Waals surface area contributed by atoms with Gasteiger partial charge in [-0.2, -0.15) is 0 Å². The van der Waals surface area contributed by atoms with Gasteiger partial charge in [0.15, 0.2) is 0 Å². The van der Waals surface area contributed by atoms with E-state index in [1.54, 1.807) is 12.1 Å². The van der Waals surface area contributed by atoms with E-state index in [4.69, 9.17) is 0 Å². The molecule has 3 aliphatic carbocycles. The molecule has 0 spiro atoms. The Hall–Kier alpha value is -3.22. The Labute approximate surface area is 215 Å². The molecule has 3 fully saturated rings. The number of carboxylic acids is 1. The van der Waals surface area contributed by atoms with Crippen molar-refractivity contribution in [3.05, 3.63) is 70.9 Å². The van der Waals surface area contributed by atoms with E-state index in [1.807, 2.05) is 23.1 Å². The van der Waals surface area contributed by atoms with Crippen molar-refractivity contribution in [2.45, 2.75) is 70.9 Å². The van der Waals surface area contributed by atoms with E-state index < -0.39 is 17.8 Å². The van der Waals surface area contributed by atoms with Gasteiger partial charge in [-0.1, -0.05) is 36.4 Å². The molecule has 2 bridgehead atoms. The molecule has 3 saturated carbocycles. The molecule has 2 aromatic carbocycles. The highest BCUT2D eigenvalue weighted by Gasteiger charge is 2.53. The molecule has 1 amide bonds. The molecule has 0 atom stereocenters. The number of fused-ring (bicyclic) bond motifs is 6. The highest BCUT2D eigenvalue weighted by molar-refractivity contribution is 5.87. The van der Waals surface area contributed by atoms with E-state index >= 15 is 0 Å². The first-order valence-corrected chi connectivity index (χ1v) is 13.3. The quantitative estimate of drug-likeness (QED) is 0.425. The summed E-state index contributed by atoms with van der Waals surface area (Å²) in [4.78, 5) is 27.3. The number of nitrogens with zero attached hydrogens (tertiary/aromatic N) is 2. The minimum Gasteiger partial charge on any atom is -0.481 e. The summed E-state index contributed by atoms with van der Waals surface area (Å²) < 4.78 is 28.8. The molecule has 5 nitrogen and oxygen atoms in total. The molecule has 194 valence electrons. The van der Waals surface area contributed by atoms with Crippen molar-refractivity contribution in [2.75, 3.05) is 6.54 Å². The number of aliphatic carboxylic acids is 1. The van der Waals surface area contributed by atoms with Crippen molar-refractivity contribution < 1.29 is 23.5 Å². The fourth-order valence-corrected chi connectivity index (χ4v) is 7.08. The van der Waals surface area contributed by atoms with Gasteiger partial charge in [0.1, 0.15) is 0 Å². The Balaban J connectivity index is 1.25. The van der Waals surface area contributed by atoms with Crippen LogP contribution in [-0.2, 0) is 29.1 Å². The average Bonchev–Trinajstić information content (AvgIpc) is 3.22. The zero-order valence-corrected chi connectivity index (χ0v) is 20.9. The number of benzene rings is 2. The molecule has 37 heavy (non-hydrogen) atoms. The lowest BCUT2D eigenvalue weighted by Crippen LogP contribution is -2.48. The third kappa shape index (κ3) is 4.12. The number of carbonyl (C=O) groups excluding carboxylic acids is 1. The van der Waals surface area contributed by atoms with Crippen LogP contribution < -0.4 is 0 Å². The highest BCUT2D eigenvalue weighted by Crippen LogP contribution is 2.58. The molecule has 7 heteroatoms. The summed E-state index contributed by atoms with van der Waals surface area (Å²) in [7, 11) is 0. The summed E-state index contributed by atoms with van der Waals surface area (Å²) in [6.07, 6.45) is 3.18. The molecule has 1 aliphatic heterocycles. The number of halogens is 2. The van der Waals surface area contributed by atoms with Crippen LogP contribution in [0.4, 0.5) is 8.78 Å². The van der Waals surface area contributed by atoms with Crippen LogP contribution in [0.5, 0.6) is 0 Å². The van der Waals surface area contributed by atoms with E-state index in [2.05, 4.69) is 16.7 Å². The lowest BCUT2D eigenvalue weighted by Gasteiger charge is -2.51. The molecule has 1 aromatic heterocycles. The van der Waals surface area contributed by atoms with E-state index in [0.717, 1.165) is 47.8 Å². The van der Waals surface area contributed by atoms with Crippen LogP contribution in [0, 0.1) is 10.8 Å². The smallest absolute Gasteiger partial charge is 0.309 e. The van der Waals surface area contributed by atoms with Crippen LogP contribution in [0.1, 0.15) is 73.8 Å². The molecular weight excluding hydrogens is 474 g/mol. The number of aromatic nitrogens is 1. The molecule has 7 rings (SSSR count). The van der Waals surface area contributed by atoms with Gasteiger partial charge < -0.3 is 14.6 Å². The van der Waals surface area contributed by atoms with E-state index in [9.17, 15) is 23.5 Å². The Morgan fingerprint density at radius 3 is 2.41 bits per heavy atom. The Morgan fingerprint density at radius 2 is 1.70 bits per heavy atom. The average molecular weight is 507 g/mol. The molecule has 0 radical (unpaired) electrons. The first kappa shape index (κ1) is 24.1. The second kappa shape index (κ2) is 8.96. The van der Waals surface area contributed by atoms with Crippen LogP contribution in [0.2, 0.25) is 0 Å². The minimum absolute atomic E-state index is 0.0192. The van der Waals surface area contributed by atoms with Crippen LogP contribution in [0.3, 0.4) is 0 Å².